The fraction of sp³-hybridized carbons (Fsp3) is 0.267. The van der Waals surface area contributed by atoms with Gasteiger partial charge in [0.05, 0.1) is 13.3 Å². The largest absolute Gasteiger partial charge is 0.496 e. The molecule has 1 heterocycles. The summed E-state index contributed by atoms with van der Waals surface area (Å²) >= 11 is 0. The van der Waals surface area contributed by atoms with Gasteiger partial charge < -0.3 is 10.1 Å². The second kappa shape index (κ2) is 6.65. The van der Waals surface area contributed by atoms with Crippen LogP contribution in [0.4, 0.5) is 0 Å². The molecule has 0 unspecified atom stereocenters. The van der Waals surface area contributed by atoms with Crippen molar-refractivity contribution in [3.63, 3.8) is 0 Å². The van der Waals surface area contributed by atoms with Crippen LogP contribution in [0.1, 0.15) is 28.5 Å². The lowest BCUT2D eigenvalue weighted by molar-refractivity contribution is 0.0945. The summed E-state index contributed by atoms with van der Waals surface area (Å²) in [5.74, 6) is 0.517. The van der Waals surface area contributed by atoms with Crippen LogP contribution >= 0.6 is 0 Å². The Hall–Kier alpha value is -2.43. The highest BCUT2D eigenvalue weighted by molar-refractivity contribution is 5.91. The molecule has 0 saturated carbocycles. The minimum absolute atomic E-state index is 0.248. The van der Waals surface area contributed by atoms with Gasteiger partial charge in [-0.2, -0.15) is 0 Å². The zero-order valence-corrected chi connectivity index (χ0v) is 11.6. The van der Waals surface area contributed by atoms with Crippen molar-refractivity contribution < 1.29 is 9.53 Å². The van der Waals surface area contributed by atoms with E-state index in [1.54, 1.807) is 7.11 Å². The molecule has 0 spiro atoms. The number of benzene rings is 1. The second-order valence-electron chi connectivity index (χ2n) is 4.27. The minimum atomic E-state index is -0.248. The Bertz CT molecular complexity index is 585. The predicted molar refractivity (Wildman–Crippen MR) is 75.6 cm³/mol. The summed E-state index contributed by atoms with van der Waals surface area (Å²) in [4.78, 5) is 19.8. The number of nitrogens with one attached hydrogen (secondary N) is 1. The first-order valence-electron chi connectivity index (χ1n) is 6.44. The van der Waals surface area contributed by atoms with Crippen LogP contribution < -0.4 is 10.1 Å². The van der Waals surface area contributed by atoms with Crippen molar-refractivity contribution in [1.29, 1.82) is 0 Å². The molecule has 0 aliphatic carbocycles. The standard InChI is InChI=1S/C15H17N3O2/c1-3-11-4-5-14(20-2)12(8-11)9-18-15(19)13-10-16-6-7-17-13/h4-8,10H,3,9H2,1-2H3,(H,18,19). The van der Waals surface area contributed by atoms with E-state index < -0.39 is 0 Å². The monoisotopic (exact) mass is 271 g/mol. The average Bonchev–Trinajstić information content (AvgIpc) is 2.53. The number of hydrogen-bond acceptors (Lipinski definition) is 4. The van der Waals surface area contributed by atoms with Crippen molar-refractivity contribution >= 4 is 5.91 Å². The van der Waals surface area contributed by atoms with E-state index in [-0.39, 0.29) is 5.91 Å². The topological polar surface area (TPSA) is 64.1 Å². The maximum Gasteiger partial charge on any atom is 0.271 e. The van der Waals surface area contributed by atoms with E-state index in [2.05, 4.69) is 22.2 Å². The molecule has 1 amide bonds. The van der Waals surface area contributed by atoms with Gasteiger partial charge in [0.1, 0.15) is 11.4 Å². The molecule has 0 aliphatic heterocycles. The van der Waals surface area contributed by atoms with Crippen molar-refractivity contribution in [2.45, 2.75) is 19.9 Å². The molecule has 104 valence electrons. The van der Waals surface area contributed by atoms with Crippen molar-refractivity contribution in [3.05, 3.63) is 53.6 Å². The van der Waals surface area contributed by atoms with Crippen LogP contribution in [0.15, 0.2) is 36.8 Å². The quantitative estimate of drug-likeness (QED) is 0.903. The van der Waals surface area contributed by atoms with Gasteiger partial charge in [-0.1, -0.05) is 19.1 Å². The fourth-order valence-corrected chi connectivity index (χ4v) is 1.87. The van der Waals surface area contributed by atoms with Crippen LogP contribution in [-0.2, 0) is 13.0 Å². The number of aromatic nitrogens is 2. The lowest BCUT2D eigenvalue weighted by Gasteiger charge is -2.11. The number of carbonyl (C=O) groups is 1. The predicted octanol–water partition coefficient (Wildman–Crippen LogP) is 1.98. The van der Waals surface area contributed by atoms with E-state index in [0.29, 0.717) is 12.2 Å². The van der Waals surface area contributed by atoms with Gasteiger partial charge in [0.2, 0.25) is 0 Å². The number of methoxy groups -OCH3 is 1. The Kier molecular flexibility index (Phi) is 4.65. The SMILES string of the molecule is CCc1ccc(OC)c(CNC(=O)c2cnccn2)c1. The van der Waals surface area contributed by atoms with Gasteiger partial charge in [0, 0.05) is 24.5 Å². The highest BCUT2D eigenvalue weighted by Gasteiger charge is 2.09. The number of amides is 1. The van der Waals surface area contributed by atoms with E-state index in [0.717, 1.165) is 17.7 Å². The molecule has 2 rings (SSSR count). The molecule has 20 heavy (non-hydrogen) atoms. The van der Waals surface area contributed by atoms with Crippen molar-refractivity contribution in [3.8, 4) is 5.75 Å². The van der Waals surface area contributed by atoms with Gasteiger partial charge in [0.15, 0.2) is 0 Å². The van der Waals surface area contributed by atoms with Crippen molar-refractivity contribution in [1.82, 2.24) is 15.3 Å². The zero-order chi connectivity index (χ0) is 14.4. The summed E-state index contributed by atoms with van der Waals surface area (Å²) in [6.45, 7) is 2.48. The molecule has 0 bridgehead atoms. The normalized spacial score (nSPS) is 10.1. The first-order chi connectivity index (χ1) is 9.74. The maximum atomic E-state index is 11.9. The Labute approximate surface area is 118 Å². The Morgan fingerprint density at radius 1 is 1.35 bits per heavy atom. The molecule has 5 nitrogen and oxygen atoms in total. The molecule has 1 aromatic carbocycles. The Morgan fingerprint density at radius 3 is 2.85 bits per heavy atom. The molecular formula is C15H17N3O2. The van der Waals surface area contributed by atoms with Crippen LogP contribution in [0.25, 0.3) is 0 Å². The summed E-state index contributed by atoms with van der Waals surface area (Å²) in [6.07, 6.45) is 5.40. The highest BCUT2D eigenvalue weighted by Crippen LogP contribution is 2.20. The van der Waals surface area contributed by atoms with Gasteiger partial charge in [-0.3, -0.25) is 9.78 Å². The summed E-state index contributed by atoms with van der Waals surface area (Å²) in [6, 6.07) is 5.98. The van der Waals surface area contributed by atoms with Crippen molar-refractivity contribution in [2.75, 3.05) is 7.11 Å². The summed E-state index contributed by atoms with van der Waals surface area (Å²) in [7, 11) is 1.62. The van der Waals surface area contributed by atoms with Gasteiger partial charge in [-0.15, -0.1) is 0 Å². The first kappa shape index (κ1) is 14.0. The van der Waals surface area contributed by atoms with Crippen LogP contribution in [0, 0.1) is 0 Å². The van der Waals surface area contributed by atoms with E-state index in [1.165, 1.54) is 24.2 Å². The number of carbonyl (C=O) groups excluding carboxylic acids is 1. The third kappa shape index (κ3) is 3.32. The summed E-state index contributed by atoms with van der Waals surface area (Å²) in [5.41, 5.74) is 2.46. The molecule has 5 heteroatoms. The number of ether oxygens (including phenoxy) is 1. The van der Waals surface area contributed by atoms with Crippen LogP contribution in [0.5, 0.6) is 5.75 Å². The molecule has 2 aromatic rings. The van der Waals surface area contributed by atoms with Crippen molar-refractivity contribution in [2.24, 2.45) is 0 Å². The molecule has 0 atom stereocenters. The van der Waals surface area contributed by atoms with Gasteiger partial charge >= 0.3 is 0 Å². The lowest BCUT2D eigenvalue weighted by Crippen LogP contribution is -2.24. The molecule has 1 aromatic heterocycles. The summed E-state index contributed by atoms with van der Waals surface area (Å²) < 4.78 is 5.30. The van der Waals surface area contributed by atoms with E-state index in [9.17, 15) is 4.79 Å². The van der Waals surface area contributed by atoms with Crippen LogP contribution in [-0.4, -0.2) is 23.0 Å². The number of aryl methyl sites for hydroxylation is 1. The molecule has 1 N–H and O–H groups in total. The third-order valence-electron chi connectivity index (χ3n) is 2.99. The average molecular weight is 271 g/mol. The molecule has 0 aliphatic rings. The Balaban J connectivity index is 2.08. The second-order valence-corrected chi connectivity index (χ2v) is 4.27. The van der Waals surface area contributed by atoms with E-state index in [1.807, 2.05) is 18.2 Å². The first-order valence-corrected chi connectivity index (χ1v) is 6.44. The number of nitrogens with zero attached hydrogens (tertiary/aromatic N) is 2. The molecule has 0 fully saturated rings. The van der Waals surface area contributed by atoms with E-state index in [4.69, 9.17) is 4.74 Å². The van der Waals surface area contributed by atoms with Crippen LogP contribution in [0.2, 0.25) is 0 Å². The third-order valence-corrected chi connectivity index (χ3v) is 2.99. The molecular weight excluding hydrogens is 254 g/mol. The smallest absolute Gasteiger partial charge is 0.271 e. The van der Waals surface area contributed by atoms with Gasteiger partial charge in [-0.05, 0) is 18.1 Å². The Morgan fingerprint density at radius 2 is 2.20 bits per heavy atom. The highest BCUT2D eigenvalue weighted by atomic mass is 16.5. The minimum Gasteiger partial charge on any atom is -0.496 e. The fourth-order valence-electron chi connectivity index (χ4n) is 1.87. The summed E-state index contributed by atoms with van der Waals surface area (Å²) in [5, 5.41) is 2.82. The zero-order valence-electron chi connectivity index (χ0n) is 11.6. The van der Waals surface area contributed by atoms with E-state index >= 15 is 0 Å². The van der Waals surface area contributed by atoms with Gasteiger partial charge in [-0.25, -0.2) is 4.98 Å². The molecule has 0 saturated heterocycles. The number of rotatable bonds is 5. The molecule has 0 radical (unpaired) electrons. The van der Waals surface area contributed by atoms with Crippen LogP contribution in [0.3, 0.4) is 0 Å². The number of hydrogen-bond donors (Lipinski definition) is 1. The maximum absolute atomic E-state index is 11.9. The lowest BCUT2D eigenvalue weighted by atomic mass is 10.1. The van der Waals surface area contributed by atoms with Gasteiger partial charge in [0.25, 0.3) is 5.91 Å².